The number of fused-ring (bicyclic) bond motifs is 5. The first kappa shape index (κ1) is 6.88. The van der Waals surface area contributed by atoms with Gasteiger partial charge >= 0.3 is 0 Å². The Morgan fingerprint density at radius 1 is 1.00 bits per heavy atom. The van der Waals surface area contributed by atoms with Crippen LogP contribution in [0.1, 0.15) is 19.3 Å². The van der Waals surface area contributed by atoms with Crippen molar-refractivity contribution in [2.45, 2.75) is 19.3 Å². The maximum atomic E-state index is 10.7. The Morgan fingerprint density at radius 2 is 1.58 bits per heavy atom. The van der Waals surface area contributed by atoms with Crippen LogP contribution in [0.5, 0.6) is 0 Å². The molecular formula is C11H14O. The lowest BCUT2D eigenvalue weighted by Crippen LogP contribution is -2.12. The molecule has 12 heavy (non-hydrogen) atoms. The number of hydrogen-bond acceptors (Lipinski definition) is 1. The van der Waals surface area contributed by atoms with Gasteiger partial charge in [0.25, 0.3) is 0 Å². The van der Waals surface area contributed by atoms with Crippen LogP contribution >= 0.6 is 0 Å². The lowest BCUT2D eigenvalue weighted by molar-refractivity contribution is -0.111. The molecule has 4 unspecified atom stereocenters. The lowest BCUT2D eigenvalue weighted by Gasteiger charge is -2.19. The predicted molar refractivity (Wildman–Crippen MR) is 46.5 cm³/mol. The standard InChI is InChI=1S/C11H14O/c12-6-7-3-10-8-1-2-9(5-8)11(10)4-7/h1-2,6-11H,3-5H2. The molecule has 1 nitrogen and oxygen atoms in total. The van der Waals surface area contributed by atoms with Crippen LogP contribution in [0.3, 0.4) is 0 Å². The summed E-state index contributed by atoms with van der Waals surface area (Å²) in [5.41, 5.74) is 0. The SMILES string of the molecule is O=CC1CC2C3C=CC(C3)C2C1. The Morgan fingerprint density at radius 3 is 2.08 bits per heavy atom. The molecule has 0 heterocycles. The van der Waals surface area contributed by atoms with E-state index in [-0.39, 0.29) is 0 Å². The van der Waals surface area contributed by atoms with Crippen molar-refractivity contribution in [3.63, 3.8) is 0 Å². The van der Waals surface area contributed by atoms with Crippen molar-refractivity contribution >= 4 is 6.29 Å². The second kappa shape index (κ2) is 2.21. The molecular weight excluding hydrogens is 148 g/mol. The highest BCUT2D eigenvalue weighted by Gasteiger charge is 2.49. The Kier molecular flexibility index (Phi) is 1.27. The van der Waals surface area contributed by atoms with Crippen LogP contribution in [-0.4, -0.2) is 6.29 Å². The fourth-order valence-corrected chi connectivity index (χ4v) is 3.63. The van der Waals surface area contributed by atoms with E-state index in [1.54, 1.807) is 0 Å². The molecule has 0 aliphatic heterocycles. The molecule has 2 bridgehead atoms. The number of carbonyl (C=O) groups excluding carboxylic acids is 1. The minimum absolute atomic E-state index is 0.394. The maximum absolute atomic E-state index is 10.7. The summed E-state index contributed by atoms with van der Waals surface area (Å²) in [4.78, 5) is 10.7. The molecule has 0 N–H and O–H groups in total. The Balaban J connectivity index is 1.86. The van der Waals surface area contributed by atoms with Gasteiger partial charge in [-0.1, -0.05) is 12.2 Å². The fourth-order valence-electron chi connectivity index (χ4n) is 3.63. The topological polar surface area (TPSA) is 17.1 Å². The third kappa shape index (κ3) is 0.720. The molecule has 3 aliphatic carbocycles. The molecule has 0 amide bonds. The first-order valence-electron chi connectivity index (χ1n) is 5.02. The van der Waals surface area contributed by atoms with E-state index in [2.05, 4.69) is 12.2 Å². The van der Waals surface area contributed by atoms with Gasteiger partial charge in [0.05, 0.1) is 0 Å². The molecule has 4 atom stereocenters. The van der Waals surface area contributed by atoms with Crippen LogP contribution in [0.25, 0.3) is 0 Å². The van der Waals surface area contributed by atoms with Gasteiger partial charge in [-0.05, 0) is 42.9 Å². The van der Waals surface area contributed by atoms with E-state index in [0.717, 1.165) is 23.7 Å². The highest BCUT2D eigenvalue weighted by atomic mass is 16.1. The molecule has 0 radical (unpaired) electrons. The first-order valence-corrected chi connectivity index (χ1v) is 5.02. The Hall–Kier alpha value is -0.590. The molecule has 1 heteroatoms. The van der Waals surface area contributed by atoms with Gasteiger partial charge < -0.3 is 4.79 Å². The van der Waals surface area contributed by atoms with Crippen LogP contribution in [0.4, 0.5) is 0 Å². The van der Waals surface area contributed by atoms with Gasteiger partial charge in [0.1, 0.15) is 6.29 Å². The lowest BCUT2D eigenvalue weighted by atomic mass is 9.86. The van der Waals surface area contributed by atoms with Crippen molar-refractivity contribution in [1.29, 1.82) is 0 Å². The van der Waals surface area contributed by atoms with Crippen LogP contribution in [-0.2, 0) is 4.79 Å². The number of allylic oxidation sites excluding steroid dienone is 2. The molecule has 0 spiro atoms. The van der Waals surface area contributed by atoms with E-state index in [4.69, 9.17) is 0 Å². The third-order valence-electron chi connectivity index (χ3n) is 4.14. The number of carbonyl (C=O) groups is 1. The van der Waals surface area contributed by atoms with E-state index in [1.807, 2.05) is 0 Å². The molecule has 0 saturated heterocycles. The molecule has 0 aromatic rings. The summed E-state index contributed by atoms with van der Waals surface area (Å²) in [5.74, 6) is 3.81. The minimum Gasteiger partial charge on any atom is -0.303 e. The van der Waals surface area contributed by atoms with Crippen LogP contribution in [0, 0.1) is 29.6 Å². The van der Waals surface area contributed by atoms with Crippen molar-refractivity contribution in [3.05, 3.63) is 12.2 Å². The zero-order chi connectivity index (χ0) is 8.13. The van der Waals surface area contributed by atoms with Gasteiger partial charge in [0.2, 0.25) is 0 Å². The fraction of sp³-hybridized carbons (Fsp3) is 0.727. The van der Waals surface area contributed by atoms with Gasteiger partial charge in [0, 0.05) is 5.92 Å². The number of rotatable bonds is 1. The van der Waals surface area contributed by atoms with E-state index in [0.29, 0.717) is 5.92 Å². The molecule has 3 rings (SSSR count). The van der Waals surface area contributed by atoms with Crippen LogP contribution < -0.4 is 0 Å². The van der Waals surface area contributed by atoms with E-state index >= 15 is 0 Å². The van der Waals surface area contributed by atoms with Crippen LogP contribution in [0.15, 0.2) is 12.2 Å². The Labute approximate surface area is 72.8 Å². The number of hydrogen-bond donors (Lipinski definition) is 0. The van der Waals surface area contributed by atoms with Crippen molar-refractivity contribution in [1.82, 2.24) is 0 Å². The quantitative estimate of drug-likeness (QED) is 0.426. The largest absolute Gasteiger partial charge is 0.303 e. The van der Waals surface area contributed by atoms with Crippen molar-refractivity contribution in [3.8, 4) is 0 Å². The number of aldehydes is 1. The van der Waals surface area contributed by atoms with Gasteiger partial charge in [0.15, 0.2) is 0 Å². The van der Waals surface area contributed by atoms with Gasteiger partial charge in [-0.15, -0.1) is 0 Å². The summed E-state index contributed by atoms with van der Waals surface area (Å²) in [6.07, 6.45) is 9.70. The smallest absolute Gasteiger partial charge is 0.123 e. The summed E-state index contributed by atoms with van der Waals surface area (Å²) < 4.78 is 0. The normalized spacial score (nSPS) is 54.5. The zero-order valence-electron chi connectivity index (χ0n) is 7.15. The average Bonchev–Trinajstić information content (AvgIpc) is 2.75. The molecule has 0 aromatic carbocycles. The second-order valence-electron chi connectivity index (χ2n) is 4.64. The maximum Gasteiger partial charge on any atom is 0.123 e. The van der Waals surface area contributed by atoms with Gasteiger partial charge in [-0.3, -0.25) is 0 Å². The average molecular weight is 162 g/mol. The van der Waals surface area contributed by atoms with Crippen molar-refractivity contribution in [2.75, 3.05) is 0 Å². The summed E-state index contributed by atoms with van der Waals surface area (Å²) >= 11 is 0. The van der Waals surface area contributed by atoms with Crippen molar-refractivity contribution < 1.29 is 4.79 Å². The van der Waals surface area contributed by atoms with E-state index in [9.17, 15) is 4.79 Å². The zero-order valence-corrected chi connectivity index (χ0v) is 7.15. The minimum atomic E-state index is 0.394. The summed E-state index contributed by atoms with van der Waals surface area (Å²) in [6, 6.07) is 0. The molecule has 2 saturated carbocycles. The summed E-state index contributed by atoms with van der Waals surface area (Å²) in [5, 5.41) is 0. The molecule has 2 fully saturated rings. The van der Waals surface area contributed by atoms with Gasteiger partial charge in [-0.2, -0.15) is 0 Å². The molecule has 3 aliphatic rings. The van der Waals surface area contributed by atoms with E-state index < -0.39 is 0 Å². The molecule has 0 aromatic heterocycles. The van der Waals surface area contributed by atoms with Gasteiger partial charge in [-0.25, -0.2) is 0 Å². The monoisotopic (exact) mass is 162 g/mol. The highest BCUT2D eigenvalue weighted by Crippen LogP contribution is 2.56. The van der Waals surface area contributed by atoms with Crippen LogP contribution in [0.2, 0.25) is 0 Å². The second-order valence-corrected chi connectivity index (χ2v) is 4.64. The molecule has 64 valence electrons. The van der Waals surface area contributed by atoms with E-state index in [1.165, 1.54) is 25.5 Å². The Bertz CT molecular complexity index is 223. The van der Waals surface area contributed by atoms with Crippen molar-refractivity contribution in [2.24, 2.45) is 29.6 Å². The summed E-state index contributed by atoms with van der Waals surface area (Å²) in [6.45, 7) is 0. The summed E-state index contributed by atoms with van der Waals surface area (Å²) in [7, 11) is 0. The predicted octanol–water partition coefficient (Wildman–Crippen LogP) is 2.03. The third-order valence-corrected chi connectivity index (χ3v) is 4.14. The highest BCUT2D eigenvalue weighted by molar-refractivity contribution is 5.54. The first-order chi connectivity index (χ1) is 5.88.